The Morgan fingerprint density at radius 1 is 1.19 bits per heavy atom. The summed E-state index contributed by atoms with van der Waals surface area (Å²) in [6, 6.07) is 8.64. The van der Waals surface area contributed by atoms with Gasteiger partial charge < -0.3 is 11.1 Å². The van der Waals surface area contributed by atoms with Gasteiger partial charge in [-0.3, -0.25) is 4.79 Å². The zero-order valence-electron chi connectivity index (χ0n) is 15.3. The maximum absolute atomic E-state index is 12.8. The number of rotatable bonds is 3. The first-order valence-electron chi connectivity index (χ1n) is 8.50. The fraction of sp³-hybridized carbons (Fsp3) is 0.316. The molecule has 2 aromatic rings. The number of benzene rings is 2. The lowest BCUT2D eigenvalue weighted by molar-refractivity contribution is 0.0932. The fourth-order valence-electron chi connectivity index (χ4n) is 3.48. The van der Waals surface area contributed by atoms with Crippen LogP contribution < -0.4 is 16.2 Å². The number of hydrogen-bond acceptors (Lipinski definition) is 4. The van der Waals surface area contributed by atoms with Gasteiger partial charge in [0.15, 0.2) is 0 Å². The van der Waals surface area contributed by atoms with Crippen molar-refractivity contribution in [3.63, 3.8) is 0 Å². The standard InChI is InChI=1S/C19H23N3O3S.ClH/c1-11-8-14(10-18(12(11)2)26(21,24)25)19(23)22-17-5-3-4-13-9-15(20)6-7-16(13)17;/h6-10,17H,3-5,20H2,1-2H3,(H,22,23)(H2,21,24,25);1H. The van der Waals surface area contributed by atoms with Crippen LogP contribution in [0.15, 0.2) is 35.2 Å². The van der Waals surface area contributed by atoms with Gasteiger partial charge in [-0.15, -0.1) is 12.4 Å². The molecule has 0 saturated heterocycles. The van der Waals surface area contributed by atoms with Crippen molar-refractivity contribution in [3.8, 4) is 0 Å². The third kappa shape index (κ3) is 4.43. The Morgan fingerprint density at radius 3 is 2.56 bits per heavy atom. The van der Waals surface area contributed by atoms with Crippen LogP contribution >= 0.6 is 12.4 Å². The van der Waals surface area contributed by atoms with Gasteiger partial charge in [-0.05, 0) is 79.6 Å². The quantitative estimate of drug-likeness (QED) is 0.676. The Kier molecular flexibility index (Phi) is 6.19. The molecule has 27 heavy (non-hydrogen) atoms. The Labute approximate surface area is 165 Å². The van der Waals surface area contributed by atoms with Crippen molar-refractivity contribution in [2.45, 2.75) is 44.0 Å². The predicted molar refractivity (Wildman–Crippen MR) is 109 cm³/mol. The largest absolute Gasteiger partial charge is 0.399 e. The molecule has 1 aliphatic rings. The molecule has 1 atom stereocenters. The number of primary sulfonamides is 1. The monoisotopic (exact) mass is 409 g/mol. The van der Waals surface area contributed by atoms with Crippen LogP contribution in [0.5, 0.6) is 0 Å². The van der Waals surface area contributed by atoms with Gasteiger partial charge in [0.1, 0.15) is 0 Å². The Morgan fingerprint density at radius 2 is 1.89 bits per heavy atom. The van der Waals surface area contributed by atoms with Crippen molar-refractivity contribution in [1.29, 1.82) is 0 Å². The highest BCUT2D eigenvalue weighted by Crippen LogP contribution is 2.31. The molecule has 0 heterocycles. The first-order chi connectivity index (χ1) is 12.2. The minimum atomic E-state index is -3.89. The lowest BCUT2D eigenvalue weighted by Gasteiger charge is -2.27. The molecule has 5 N–H and O–H groups in total. The molecule has 0 saturated carbocycles. The average molecular weight is 410 g/mol. The summed E-state index contributed by atoms with van der Waals surface area (Å²) >= 11 is 0. The van der Waals surface area contributed by atoms with Crippen molar-refractivity contribution in [2.75, 3.05) is 5.73 Å². The van der Waals surface area contributed by atoms with Gasteiger partial charge in [0, 0.05) is 11.3 Å². The molecule has 0 bridgehead atoms. The number of fused-ring (bicyclic) bond motifs is 1. The minimum Gasteiger partial charge on any atom is -0.399 e. The third-order valence-electron chi connectivity index (χ3n) is 4.98. The molecule has 0 fully saturated rings. The summed E-state index contributed by atoms with van der Waals surface area (Å²) in [5.74, 6) is -0.312. The van der Waals surface area contributed by atoms with Crippen LogP contribution in [0, 0.1) is 13.8 Å². The highest BCUT2D eigenvalue weighted by molar-refractivity contribution is 7.89. The lowest BCUT2D eigenvalue weighted by atomic mass is 9.87. The Bertz CT molecular complexity index is 990. The van der Waals surface area contributed by atoms with Crippen molar-refractivity contribution in [3.05, 3.63) is 58.1 Å². The number of carbonyl (C=O) groups is 1. The van der Waals surface area contributed by atoms with Gasteiger partial charge in [-0.25, -0.2) is 13.6 Å². The van der Waals surface area contributed by atoms with Crippen LogP contribution in [-0.2, 0) is 16.4 Å². The van der Waals surface area contributed by atoms with E-state index in [-0.39, 0.29) is 29.3 Å². The molecule has 1 unspecified atom stereocenters. The number of sulfonamides is 1. The fourth-order valence-corrected chi connectivity index (χ4v) is 4.36. The van der Waals surface area contributed by atoms with Crippen LogP contribution in [-0.4, -0.2) is 14.3 Å². The highest BCUT2D eigenvalue weighted by atomic mass is 35.5. The first kappa shape index (κ1) is 21.2. The highest BCUT2D eigenvalue weighted by Gasteiger charge is 2.24. The molecule has 8 heteroatoms. The summed E-state index contributed by atoms with van der Waals surface area (Å²) in [4.78, 5) is 12.7. The number of nitrogens with two attached hydrogens (primary N) is 2. The molecule has 6 nitrogen and oxygen atoms in total. The number of carbonyl (C=O) groups excluding carboxylic acids is 1. The molecule has 1 aliphatic carbocycles. The number of anilines is 1. The second-order valence-corrected chi connectivity index (χ2v) is 8.37. The number of nitrogens with one attached hydrogen (secondary N) is 1. The van der Waals surface area contributed by atoms with E-state index in [1.807, 2.05) is 18.2 Å². The first-order valence-corrected chi connectivity index (χ1v) is 10.0. The van der Waals surface area contributed by atoms with E-state index in [4.69, 9.17) is 10.9 Å². The van der Waals surface area contributed by atoms with Gasteiger partial charge in [0.05, 0.1) is 10.9 Å². The van der Waals surface area contributed by atoms with Crippen LogP contribution in [0.3, 0.4) is 0 Å². The van der Waals surface area contributed by atoms with Gasteiger partial charge >= 0.3 is 0 Å². The second kappa shape index (κ2) is 7.88. The molecular weight excluding hydrogens is 386 g/mol. The summed E-state index contributed by atoms with van der Waals surface area (Å²) in [5.41, 5.74) is 10.3. The van der Waals surface area contributed by atoms with Crippen LogP contribution in [0.2, 0.25) is 0 Å². The van der Waals surface area contributed by atoms with Crippen molar-refractivity contribution in [2.24, 2.45) is 5.14 Å². The van der Waals surface area contributed by atoms with Gasteiger partial charge in [0.2, 0.25) is 10.0 Å². The smallest absolute Gasteiger partial charge is 0.251 e. The molecule has 0 aliphatic heterocycles. The molecular formula is C19H24ClN3O3S. The lowest BCUT2D eigenvalue weighted by Crippen LogP contribution is -2.31. The van der Waals surface area contributed by atoms with Crippen molar-refractivity contribution >= 4 is 34.0 Å². The zero-order chi connectivity index (χ0) is 19.1. The maximum Gasteiger partial charge on any atom is 0.251 e. The van der Waals surface area contributed by atoms with Crippen LogP contribution in [0.25, 0.3) is 0 Å². The van der Waals surface area contributed by atoms with E-state index >= 15 is 0 Å². The molecule has 1 amide bonds. The molecule has 146 valence electrons. The van der Waals surface area contributed by atoms with E-state index in [0.717, 1.165) is 30.4 Å². The van der Waals surface area contributed by atoms with Gasteiger partial charge in [0.25, 0.3) is 5.91 Å². The summed E-state index contributed by atoms with van der Waals surface area (Å²) in [6.45, 7) is 3.44. The summed E-state index contributed by atoms with van der Waals surface area (Å²) < 4.78 is 23.6. The number of aryl methyl sites for hydroxylation is 2. The summed E-state index contributed by atoms with van der Waals surface area (Å²) in [6.07, 6.45) is 2.72. The average Bonchev–Trinajstić information content (AvgIpc) is 2.56. The minimum absolute atomic E-state index is 0. The van der Waals surface area contributed by atoms with Crippen molar-refractivity contribution < 1.29 is 13.2 Å². The van der Waals surface area contributed by atoms with E-state index in [2.05, 4.69) is 5.32 Å². The number of amides is 1. The number of halogens is 1. The van der Waals surface area contributed by atoms with E-state index in [0.29, 0.717) is 22.4 Å². The van der Waals surface area contributed by atoms with E-state index < -0.39 is 10.0 Å². The molecule has 0 spiro atoms. The molecule has 0 aromatic heterocycles. The molecule has 2 aromatic carbocycles. The second-order valence-electron chi connectivity index (χ2n) is 6.84. The van der Waals surface area contributed by atoms with Gasteiger partial charge in [-0.1, -0.05) is 6.07 Å². The summed E-state index contributed by atoms with van der Waals surface area (Å²) in [5, 5.41) is 8.31. The van der Waals surface area contributed by atoms with E-state index in [9.17, 15) is 13.2 Å². The number of hydrogen-bond donors (Lipinski definition) is 3. The molecule has 3 rings (SSSR count). The Balaban J connectivity index is 0.00000261. The number of nitrogen functional groups attached to an aromatic ring is 1. The van der Waals surface area contributed by atoms with E-state index in [1.165, 1.54) is 6.07 Å². The zero-order valence-corrected chi connectivity index (χ0v) is 16.9. The topological polar surface area (TPSA) is 115 Å². The molecule has 0 radical (unpaired) electrons. The van der Waals surface area contributed by atoms with Crippen LogP contribution in [0.1, 0.15) is 51.5 Å². The predicted octanol–water partition coefficient (Wildman–Crippen LogP) is 2.76. The summed E-state index contributed by atoms with van der Waals surface area (Å²) in [7, 11) is -3.89. The van der Waals surface area contributed by atoms with Crippen molar-refractivity contribution in [1.82, 2.24) is 5.32 Å². The van der Waals surface area contributed by atoms with Crippen LogP contribution in [0.4, 0.5) is 5.69 Å². The Hall–Kier alpha value is -2.09. The maximum atomic E-state index is 12.8. The normalized spacial score (nSPS) is 16.2. The van der Waals surface area contributed by atoms with Gasteiger partial charge in [-0.2, -0.15) is 0 Å². The SMILES string of the molecule is Cc1cc(C(=O)NC2CCCc3cc(N)ccc32)cc(S(N)(=O)=O)c1C.Cl. The van der Waals surface area contributed by atoms with E-state index in [1.54, 1.807) is 19.9 Å². The third-order valence-corrected chi connectivity index (χ3v) is 6.01.